The fourth-order valence-corrected chi connectivity index (χ4v) is 3.62. The first-order valence-corrected chi connectivity index (χ1v) is 11.0. The Balaban J connectivity index is 2.77. The zero-order chi connectivity index (χ0) is 17.3. The number of rotatable bonds is 3. The first kappa shape index (κ1) is 19.2. The molecule has 0 spiro atoms. The van der Waals surface area contributed by atoms with Crippen molar-refractivity contribution in [2.24, 2.45) is 0 Å². The molecule has 1 aliphatic heterocycles. The Labute approximate surface area is 137 Å². The molecule has 128 valence electrons. The Hall–Kier alpha value is -0.813. The van der Waals surface area contributed by atoms with Crippen molar-refractivity contribution < 1.29 is 14.0 Å². The van der Waals surface area contributed by atoms with Crippen LogP contribution in [0.3, 0.4) is 0 Å². The van der Waals surface area contributed by atoms with Crippen molar-refractivity contribution in [2.45, 2.75) is 83.8 Å². The first-order valence-electron chi connectivity index (χ1n) is 8.07. The van der Waals surface area contributed by atoms with Crippen LogP contribution < -0.4 is 0 Å². The summed E-state index contributed by atoms with van der Waals surface area (Å²) in [6.45, 7) is 21.3. The number of hydrogen-bond donors (Lipinski definition) is 0. The van der Waals surface area contributed by atoms with Gasteiger partial charge in [-0.3, -0.25) is 4.90 Å². The van der Waals surface area contributed by atoms with Crippen molar-refractivity contribution in [1.82, 2.24) is 4.90 Å². The van der Waals surface area contributed by atoms with E-state index in [-0.39, 0.29) is 23.3 Å². The van der Waals surface area contributed by atoms with Crippen molar-refractivity contribution in [3.05, 3.63) is 12.7 Å². The molecule has 4 nitrogen and oxygen atoms in total. The molecule has 1 amide bonds. The average molecular weight is 328 g/mol. The smallest absolute Gasteiger partial charge is 0.410 e. The van der Waals surface area contributed by atoms with Crippen LogP contribution in [0.1, 0.15) is 48.0 Å². The third kappa shape index (κ3) is 4.85. The molecule has 0 saturated carbocycles. The quantitative estimate of drug-likeness (QED) is 0.563. The minimum Gasteiger partial charge on any atom is -0.444 e. The van der Waals surface area contributed by atoms with Crippen LogP contribution in [0.25, 0.3) is 0 Å². The molecule has 0 bridgehead atoms. The Kier molecular flexibility index (Phi) is 5.56. The molecule has 0 aromatic heterocycles. The van der Waals surface area contributed by atoms with E-state index in [0.29, 0.717) is 6.54 Å². The Morgan fingerprint density at radius 1 is 1.23 bits per heavy atom. The number of nitrogens with zero attached hydrogens (tertiary/aromatic N) is 1. The Morgan fingerprint density at radius 3 is 2.18 bits per heavy atom. The monoisotopic (exact) mass is 327 g/mol. The van der Waals surface area contributed by atoms with Gasteiger partial charge in [-0.2, -0.15) is 0 Å². The SMILES string of the molecule is C=CC1CC(O[Si](C)(C)C(C)(C)C)CN1C(=O)OC(C)(C)C. The molecule has 1 aliphatic rings. The van der Waals surface area contributed by atoms with Gasteiger partial charge in [-0.05, 0) is 45.3 Å². The number of hydrogen-bond acceptors (Lipinski definition) is 3. The zero-order valence-electron chi connectivity index (χ0n) is 15.5. The van der Waals surface area contributed by atoms with E-state index in [0.717, 1.165) is 6.42 Å². The van der Waals surface area contributed by atoms with Gasteiger partial charge in [0.15, 0.2) is 8.32 Å². The van der Waals surface area contributed by atoms with Crippen LogP contribution in [-0.2, 0) is 9.16 Å². The predicted molar refractivity (Wildman–Crippen MR) is 93.6 cm³/mol. The van der Waals surface area contributed by atoms with Crippen LogP contribution in [0.15, 0.2) is 12.7 Å². The minimum absolute atomic E-state index is 0.00961. The summed E-state index contributed by atoms with van der Waals surface area (Å²) in [6, 6.07) is -0.00961. The van der Waals surface area contributed by atoms with E-state index in [1.54, 1.807) is 4.90 Å². The van der Waals surface area contributed by atoms with Crippen molar-refractivity contribution in [1.29, 1.82) is 0 Å². The van der Waals surface area contributed by atoms with E-state index in [2.05, 4.69) is 40.4 Å². The third-order valence-corrected chi connectivity index (χ3v) is 9.01. The van der Waals surface area contributed by atoms with Crippen LogP contribution in [0.4, 0.5) is 4.79 Å². The molecule has 2 atom stereocenters. The number of likely N-dealkylation sites (tertiary alicyclic amines) is 1. The standard InChI is InChI=1S/C17H33NO3Si/c1-10-13-11-14(21-22(8,9)17(5,6)7)12-18(13)15(19)20-16(2,3)4/h10,13-14H,1,11-12H2,2-9H3. The van der Waals surface area contributed by atoms with Gasteiger partial charge in [0.1, 0.15) is 5.60 Å². The molecule has 0 radical (unpaired) electrons. The highest BCUT2D eigenvalue weighted by atomic mass is 28.4. The van der Waals surface area contributed by atoms with Gasteiger partial charge in [0.05, 0.1) is 12.1 Å². The van der Waals surface area contributed by atoms with Gasteiger partial charge >= 0.3 is 6.09 Å². The summed E-state index contributed by atoms with van der Waals surface area (Å²) in [5.74, 6) is 0. The van der Waals surface area contributed by atoms with Gasteiger partial charge in [-0.25, -0.2) is 4.79 Å². The lowest BCUT2D eigenvalue weighted by Gasteiger charge is -2.38. The number of carbonyl (C=O) groups excluding carboxylic acids is 1. The van der Waals surface area contributed by atoms with Crippen LogP contribution in [0, 0.1) is 0 Å². The summed E-state index contributed by atoms with van der Waals surface area (Å²) < 4.78 is 11.9. The lowest BCUT2D eigenvalue weighted by molar-refractivity contribution is 0.0237. The molecule has 22 heavy (non-hydrogen) atoms. The highest BCUT2D eigenvalue weighted by Crippen LogP contribution is 2.39. The molecule has 0 aliphatic carbocycles. The molecule has 1 heterocycles. The van der Waals surface area contributed by atoms with Gasteiger partial charge in [0, 0.05) is 6.54 Å². The van der Waals surface area contributed by atoms with Crippen LogP contribution in [-0.4, -0.2) is 43.6 Å². The summed E-state index contributed by atoms with van der Waals surface area (Å²) >= 11 is 0. The maximum atomic E-state index is 12.4. The Bertz CT molecular complexity index is 421. The average Bonchev–Trinajstić information content (AvgIpc) is 2.67. The van der Waals surface area contributed by atoms with E-state index < -0.39 is 13.9 Å². The second kappa shape index (κ2) is 6.36. The van der Waals surface area contributed by atoms with E-state index in [9.17, 15) is 4.79 Å². The van der Waals surface area contributed by atoms with Crippen molar-refractivity contribution >= 4 is 14.4 Å². The molecule has 5 heteroatoms. The van der Waals surface area contributed by atoms with Crippen molar-refractivity contribution in [3.63, 3.8) is 0 Å². The fraction of sp³-hybridized carbons (Fsp3) is 0.824. The predicted octanol–water partition coefficient (Wildman–Crippen LogP) is 4.57. The molecule has 1 saturated heterocycles. The van der Waals surface area contributed by atoms with E-state index >= 15 is 0 Å². The maximum Gasteiger partial charge on any atom is 0.410 e. The van der Waals surface area contributed by atoms with Crippen LogP contribution in [0.5, 0.6) is 0 Å². The van der Waals surface area contributed by atoms with Gasteiger partial charge in [-0.1, -0.05) is 26.8 Å². The minimum atomic E-state index is -1.84. The second-order valence-electron chi connectivity index (χ2n) is 8.67. The Morgan fingerprint density at radius 2 is 1.77 bits per heavy atom. The van der Waals surface area contributed by atoms with Gasteiger partial charge in [0.25, 0.3) is 0 Å². The highest BCUT2D eigenvalue weighted by Gasteiger charge is 2.43. The molecule has 1 rings (SSSR count). The second-order valence-corrected chi connectivity index (χ2v) is 13.4. The molecule has 0 aromatic rings. The molecule has 0 aromatic carbocycles. The van der Waals surface area contributed by atoms with Gasteiger partial charge in [0.2, 0.25) is 0 Å². The summed E-state index contributed by atoms with van der Waals surface area (Å²) in [4.78, 5) is 14.1. The molecule has 1 fully saturated rings. The summed E-state index contributed by atoms with van der Waals surface area (Å²) in [5.41, 5.74) is -0.485. The van der Waals surface area contributed by atoms with Crippen LogP contribution >= 0.6 is 0 Å². The molecule has 2 unspecified atom stereocenters. The molecular weight excluding hydrogens is 294 g/mol. The fourth-order valence-electron chi connectivity index (χ4n) is 2.26. The van der Waals surface area contributed by atoms with E-state index in [1.807, 2.05) is 26.8 Å². The molecular formula is C17H33NO3Si. The summed E-state index contributed by atoms with van der Waals surface area (Å²) in [6.07, 6.45) is 2.41. The number of amides is 1. The first-order chi connectivity index (χ1) is 9.77. The van der Waals surface area contributed by atoms with Crippen molar-refractivity contribution in [3.8, 4) is 0 Å². The summed E-state index contributed by atoms with van der Waals surface area (Å²) in [7, 11) is -1.84. The van der Waals surface area contributed by atoms with Gasteiger partial charge < -0.3 is 9.16 Å². The zero-order valence-corrected chi connectivity index (χ0v) is 16.5. The number of ether oxygens (including phenoxy) is 1. The van der Waals surface area contributed by atoms with Crippen LogP contribution in [0.2, 0.25) is 18.1 Å². The normalized spacial score (nSPS) is 23.5. The maximum absolute atomic E-state index is 12.4. The number of carbonyl (C=O) groups is 1. The lowest BCUT2D eigenvalue weighted by Crippen LogP contribution is -2.45. The lowest BCUT2D eigenvalue weighted by atomic mass is 10.2. The highest BCUT2D eigenvalue weighted by molar-refractivity contribution is 6.74. The topological polar surface area (TPSA) is 38.8 Å². The summed E-state index contributed by atoms with van der Waals surface area (Å²) in [5, 5.41) is 0.163. The largest absolute Gasteiger partial charge is 0.444 e. The third-order valence-electron chi connectivity index (χ3n) is 4.47. The van der Waals surface area contributed by atoms with Gasteiger partial charge in [-0.15, -0.1) is 6.58 Å². The van der Waals surface area contributed by atoms with Crippen molar-refractivity contribution in [2.75, 3.05) is 6.54 Å². The van der Waals surface area contributed by atoms with E-state index in [1.165, 1.54) is 0 Å². The van der Waals surface area contributed by atoms with E-state index in [4.69, 9.17) is 9.16 Å². The molecule has 0 N–H and O–H groups in total.